The first-order valence-corrected chi connectivity index (χ1v) is 11.6. The zero-order valence-electron chi connectivity index (χ0n) is 18.9. The Labute approximate surface area is 194 Å². The Morgan fingerprint density at radius 2 is 1.82 bits per heavy atom. The number of urea groups is 1. The van der Waals surface area contributed by atoms with Gasteiger partial charge in [0, 0.05) is 12.7 Å². The van der Waals surface area contributed by atoms with Gasteiger partial charge in [0.25, 0.3) is 0 Å². The molecule has 6 heteroatoms. The quantitative estimate of drug-likeness (QED) is 0.540. The molecule has 170 valence electrons. The van der Waals surface area contributed by atoms with Crippen LogP contribution in [0.3, 0.4) is 0 Å². The number of nitrogens with zero attached hydrogens (tertiary/aromatic N) is 2. The van der Waals surface area contributed by atoms with Gasteiger partial charge in [-0.3, -0.25) is 4.90 Å². The molecule has 1 aliphatic heterocycles. The Morgan fingerprint density at radius 1 is 1.00 bits per heavy atom. The molecule has 1 atom stereocenters. The summed E-state index contributed by atoms with van der Waals surface area (Å²) < 4.78 is 11.8. The topological polar surface area (TPSA) is 63.7 Å². The molecule has 1 N–H and O–H groups in total. The van der Waals surface area contributed by atoms with Crippen LogP contribution in [0.25, 0.3) is 0 Å². The van der Waals surface area contributed by atoms with Crippen LogP contribution >= 0.6 is 0 Å². The molecule has 1 saturated carbocycles. The summed E-state index contributed by atoms with van der Waals surface area (Å²) >= 11 is 0. The number of anilines is 1. The summed E-state index contributed by atoms with van der Waals surface area (Å²) in [5.41, 5.74) is 3.34. The van der Waals surface area contributed by atoms with E-state index in [1.807, 2.05) is 48.5 Å². The average Bonchev–Trinajstić information content (AvgIpc) is 3.49. The summed E-state index contributed by atoms with van der Waals surface area (Å²) in [5, 5.41) is 2.98. The van der Waals surface area contributed by atoms with Gasteiger partial charge in [0.15, 0.2) is 11.5 Å². The second-order valence-corrected chi connectivity index (χ2v) is 8.69. The summed E-state index contributed by atoms with van der Waals surface area (Å²) in [6.45, 7) is 0.513. The molecule has 2 aromatic carbocycles. The number of nitrogens with one attached hydrogen (secondary N) is 1. The molecule has 2 heterocycles. The zero-order chi connectivity index (χ0) is 22.6. The van der Waals surface area contributed by atoms with E-state index in [1.54, 1.807) is 18.2 Å². The maximum atomic E-state index is 12.8. The Hall–Kier alpha value is -3.54. The van der Waals surface area contributed by atoms with Gasteiger partial charge < -0.3 is 14.8 Å². The van der Waals surface area contributed by atoms with E-state index in [-0.39, 0.29) is 18.2 Å². The predicted molar refractivity (Wildman–Crippen MR) is 128 cm³/mol. The van der Waals surface area contributed by atoms with Gasteiger partial charge in [0.05, 0.1) is 19.3 Å². The molecule has 0 bridgehead atoms. The summed E-state index contributed by atoms with van der Waals surface area (Å²) in [6.07, 6.45) is 7.34. The minimum atomic E-state index is -0.172. The number of carbonyl (C=O) groups is 1. The van der Waals surface area contributed by atoms with Gasteiger partial charge in [-0.1, -0.05) is 36.4 Å². The van der Waals surface area contributed by atoms with Crippen molar-refractivity contribution in [1.82, 2.24) is 10.3 Å². The van der Waals surface area contributed by atoms with E-state index in [0.29, 0.717) is 12.4 Å². The highest BCUT2D eigenvalue weighted by Crippen LogP contribution is 2.37. The second-order valence-electron chi connectivity index (χ2n) is 8.69. The van der Waals surface area contributed by atoms with Crippen molar-refractivity contribution in [3.8, 4) is 11.5 Å². The Kier molecular flexibility index (Phi) is 6.15. The maximum absolute atomic E-state index is 12.8. The number of ether oxygens (including phenoxy) is 2. The summed E-state index contributed by atoms with van der Waals surface area (Å²) in [6, 6.07) is 19.9. The molecular weight excluding hydrogens is 414 g/mol. The number of benzene rings is 2. The predicted octanol–water partition coefficient (Wildman–Crippen LogP) is 5.27. The fourth-order valence-electron chi connectivity index (χ4n) is 4.74. The standard InChI is InChI=1S/C27H29N3O3/c1-32-24-12-11-21(17-25(24)33-22-9-5-6-10-22)23-18-29-27(31)30(23)26-16-20(13-14-28-26)15-19-7-3-2-4-8-19/h2-4,7-8,11-14,16-17,22-23H,5-6,9-10,15,18H2,1H3,(H,29,31)/t23-/m0/s1. The highest BCUT2D eigenvalue weighted by atomic mass is 16.5. The molecule has 6 nitrogen and oxygen atoms in total. The van der Waals surface area contributed by atoms with Gasteiger partial charge in [-0.05, 0) is 73.1 Å². The minimum absolute atomic E-state index is 0.140. The lowest BCUT2D eigenvalue weighted by molar-refractivity contribution is 0.200. The number of hydrogen-bond donors (Lipinski definition) is 1. The Bertz CT molecular complexity index is 1110. The SMILES string of the molecule is COc1ccc([C@@H]2CNC(=O)N2c2cc(Cc3ccccc3)ccn2)cc1OC1CCCC1. The van der Waals surface area contributed by atoms with Crippen molar-refractivity contribution in [2.45, 2.75) is 44.2 Å². The van der Waals surface area contributed by atoms with Crippen LogP contribution in [0.4, 0.5) is 10.6 Å². The lowest BCUT2D eigenvalue weighted by Gasteiger charge is -2.24. The lowest BCUT2D eigenvalue weighted by atomic mass is 10.0. The number of amides is 2. The third-order valence-corrected chi connectivity index (χ3v) is 6.45. The number of methoxy groups -OCH3 is 1. The fraction of sp³-hybridized carbons (Fsp3) is 0.333. The van der Waals surface area contributed by atoms with Crippen molar-refractivity contribution in [3.63, 3.8) is 0 Å². The molecule has 1 aliphatic carbocycles. The van der Waals surface area contributed by atoms with Gasteiger partial charge in [0.2, 0.25) is 0 Å². The molecule has 0 spiro atoms. The number of hydrogen-bond acceptors (Lipinski definition) is 4. The van der Waals surface area contributed by atoms with Crippen LogP contribution in [-0.2, 0) is 6.42 Å². The smallest absolute Gasteiger partial charge is 0.323 e. The summed E-state index contributed by atoms with van der Waals surface area (Å²) in [7, 11) is 1.66. The van der Waals surface area contributed by atoms with Crippen LogP contribution in [0.15, 0.2) is 66.9 Å². The zero-order valence-corrected chi connectivity index (χ0v) is 18.9. The first-order valence-electron chi connectivity index (χ1n) is 11.6. The van der Waals surface area contributed by atoms with Crippen LogP contribution in [0.1, 0.15) is 48.4 Å². The van der Waals surface area contributed by atoms with Gasteiger partial charge in [-0.25, -0.2) is 9.78 Å². The van der Waals surface area contributed by atoms with Gasteiger partial charge >= 0.3 is 6.03 Å². The van der Waals surface area contributed by atoms with Crippen LogP contribution in [0.2, 0.25) is 0 Å². The van der Waals surface area contributed by atoms with Crippen LogP contribution in [-0.4, -0.2) is 30.8 Å². The molecule has 0 radical (unpaired) electrons. The number of aromatic nitrogens is 1. The normalized spacial score (nSPS) is 18.4. The van der Waals surface area contributed by atoms with E-state index in [2.05, 4.69) is 22.4 Å². The molecule has 5 rings (SSSR count). The number of pyridine rings is 1. The average molecular weight is 444 g/mol. The second kappa shape index (κ2) is 9.53. The molecule has 2 amide bonds. The minimum Gasteiger partial charge on any atom is -0.493 e. The molecule has 1 saturated heterocycles. The fourth-order valence-corrected chi connectivity index (χ4v) is 4.74. The lowest BCUT2D eigenvalue weighted by Crippen LogP contribution is -2.30. The van der Waals surface area contributed by atoms with E-state index in [4.69, 9.17) is 9.47 Å². The van der Waals surface area contributed by atoms with E-state index in [1.165, 1.54) is 18.4 Å². The Morgan fingerprint density at radius 3 is 2.61 bits per heavy atom. The highest BCUT2D eigenvalue weighted by Gasteiger charge is 2.35. The first-order chi connectivity index (χ1) is 16.2. The first kappa shape index (κ1) is 21.3. The summed E-state index contributed by atoms with van der Waals surface area (Å²) in [4.78, 5) is 19.1. The van der Waals surface area contributed by atoms with Crippen molar-refractivity contribution < 1.29 is 14.3 Å². The number of carbonyl (C=O) groups excluding carboxylic acids is 1. The van der Waals surface area contributed by atoms with E-state index < -0.39 is 0 Å². The molecule has 2 fully saturated rings. The van der Waals surface area contributed by atoms with Gasteiger partial charge in [0.1, 0.15) is 5.82 Å². The van der Waals surface area contributed by atoms with Gasteiger partial charge in [-0.2, -0.15) is 0 Å². The van der Waals surface area contributed by atoms with Crippen LogP contribution in [0, 0.1) is 0 Å². The molecule has 2 aliphatic rings. The maximum Gasteiger partial charge on any atom is 0.323 e. The largest absolute Gasteiger partial charge is 0.493 e. The molecule has 1 aromatic heterocycles. The third kappa shape index (κ3) is 4.65. The van der Waals surface area contributed by atoms with E-state index in [0.717, 1.165) is 41.9 Å². The molecule has 0 unspecified atom stereocenters. The van der Waals surface area contributed by atoms with Crippen molar-refractivity contribution in [1.29, 1.82) is 0 Å². The van der Waals surface area contributed by atoms with E-state index in [9.17, 15) is 4.79 Å². The van der Waals surface area contributed by atoms with Crippen molar-refractivity contribution in [2.75, 3.05) is 18.6 Å². The van der Waals surface area contributed by atoms with E-state index >= 15 is 0 Å². The van der Waals surface area contributed by atoms with Crippen LogP contribution < -0.4 is 19.7 Å². The molecular formula is C27H29N3O3. The Balaban J connectivity index is 1.42. The molecule has 33 heavy (non-hydrogen) atoms. The van der Waals surface area contributed by atoms with Gasteiger partial charge in [-0.15, -0.1) is 0 Å². The number of rotatable bonds is 7. The highest BCUT2D eigenvalue weighted by molar-refractivity contribution is 5.94. The van der Waals surface area contributed by atoms with Crippen LogP contribution in [0.5, 0.6) is 11.5 Å². The third-order valence-electron chi connectivity index (χ3n) is 6.45. The molecule has 3 aromatic rings. The monoisotopic (exact) mass is 443 g/mol. The van der Waals surface area contributed by atoms with Crippen molar-refractivity contribution in [3.05, 3.63) is 83.6 Å². The summed E-state index contributed by atoms with van der Waals surface area (Å²) in [5.74, 6) is 2.11. The van der Waals surface area contributed by atoms with Crippen molar-refractivity contribution >= 4 is 11.8 Å². The van der Waals surface area contributed by atoms with Crippen molar-refractivity contribution in [2.24, 2.45) is 0 Å².